The van der Waals surface area contributed by atoms with Crippen molar-refractivity contribution in [3.63, 3.8) is 0 Å². The highest BCUT2D eigenvalue weighted by atomic mass is 32.2. The molecule has 0 radical (unpaired) electrons. The minimum Gasteiger partial charge on any atom is -0.480 e. The molecule has 0 aliphatic carbocycles. The van der Waals surface area contributed by atoms with Crippen molar-refractivity contribution < 1.29 is 23.1 Å². The van der Waals surface area contributed by atoms with Crippen molar-refractivity contribution in [1.29, 1.82) is 0 Å². The van der Waals surface area contributed by atoms with Gasteiger partial charge in [-0.05, 0) is 12.5 Å². The van der Waals surface area contributed by atoms with E-state index in [1.54, 1.807) is 6.92 Å². The highest BCUT2D eigenvalue weighted by Crippen LogP contribution is 2.07. The van der Waals surface area contributed by atoms with E-state index in [4.69, 9.17) is 5.11 Å². The molecular weight excluding hydrogens is 248 g/mol. The van der Waals surface area contributed by atoms with Gasteiger partial charge in [0.1, 0.15) is 6.04 Å². The molecule has 0 aromatic heterocycles. The number of carboxylic acids is 1. The molecule has 1 aliphatic heterocycles. The van der Waals surface area contributed by atoms with E-state index in [0.29, 0.717) is 0 Å². The van der Waals surface area contributed by atoms with Crippen LogP contribution in [0.2, 0.25) is 0 Å². The second kappa shape index (κ2) is 5.17. The number of aliphatic carboxylic acids is 1. The number of carbonyl (C=O) groups excluding carboxylic acids is 1. The Balaban J connectivity index is 2.46. The quantitative estimate of drug-likeness (QED) is 0.629. The minimum absolute atomic E-state index is 0.190. The van der Waals surface area contributed by atoms with Gasteiger partial charge in [0.05, 0.1) is 11.8 Å². The summed E-state index contributed by atoms with van der Waals surface area (Å²) in [5.41, 5.74) is 0. The fourth-order valence-electron chi connectivity index (χ4n) is 1.37. The predicted octanol–water partition coefficient (Wildman–Crippen LogP) is -0.540. The molecular formula is C9H14N2O5S. The smallest absolute Gasteiger partial charge is 0.326 e. The van der Waals surface area contributed by atoms with E-state index in [0.717, 1.165) is 5.41 Å². The molecule has 0 fully saturated rings. The van der Waals surface area contributed by atoms with E-state index in [2.05, 4.69) is 10.6 Å². The van der Waals surface area contributed by atoms with E-state index in [1.807, 2.05) is 0 Å². The lowest BCUT2D eigenvalue weighted by Crippen LogP contribution is -2.49. The summed E-state index contributed by atoms with van der Waals surface area (Å²) in [5.74, 6) is -1.32. The lowest BCUT2D eigenvalue weighted by atomic mass is 10.2. The molecule has 0 bridgehead atoms. The SMILES string of the molecule is CC[C@@H](NC(=O)NC1C=CS(=O)(=O)C1)C(=O)O. The number of urea groups is 1. The van der Waals surface area contributed by atoms with Gasteiger partial charge in [-0.15, -0.1) is 0 Å². The van der Waals surface area contributed by atoms with Crippen LogP contribution < -0.4 is 10.6 Å². The van der Waals surface area contributed by atoms with E-state index >= 15 is 0 Å². The highest BCUT2D eigenvalue weighted by Gasteiger charge is 2.24. The van der Waals surface area contributed by atoms with Gasteiger partial charge in [0, 0.05) is 5.41 Å². The number of amides is 2. The molecule has 3 N–H and O–H groups in total. The van der Waals surface area contributed by atoms with Crippen LogP contribution in [-0.4, -0.2) is 43.4 Å². The first-order chi connectivity index (χ1) is 7.84. The fraction of sp³-hybridized carbons (Fsp3) is 0.556. The van der Waals surface area contributed by atoms with Crippen molar-refractivity contribution in [2.75, 3.05) is 5.75 Å². The average Bonchev–Trinajstić information content (AvgIpc) is 2.54. The first kappa shape index (κ1) is 13.5. The Morgan fingerprint density at radius 2 is 2.18 bits per heavy atom. The standard InChI is InChI=1S/C9H14N2O5S/c1-2-7(8(12)13)11-9(14)10-6-3-4-17(15,16)5-6/h3-4,6-7H,2,5H2,1H3,(H,12,13)(H2,10,11,14)/t6?,7-/m1/s1. The number of rotatable bonds is 4. The summed E-state index contributed by atoms with van der Waals surface area (Å²) in [4.78, 5) is 22.0. The Morgan fingerprint density at radius 3 is 2.59 bits per heavy atom. The van der Waals surface area contributed by atoms with Gasteiger partial charge in [-0.25, -0.2) is 18.0 Å². The zero-order chi connectivity index (χ0) is 13.1. The van der Waals surface area contributed by atoms with Crippen molar-refractivity contribution in [2.45, 2.75) is 25.4 Å². The lowest BCUT2D eigenvalue weighted by molar-refractivity contribution is -0.139. The largest absolute Gasteiger partial charge is 0.480 e. The molecule has 17 heavy (non-hydrogen) atoms. The van der Waals surface area contributed by atoms with Crippen LogP contribution in [0.5, 0.6) is 0 Å². The number of carbonyl (C=O) groups is 2. The van der Waals surface area contributed by atoms with Gasteiger partial charge in [0.15, 0.2) is 9.84 Å². The number of carboxylic acid groups (broad SMARTS) is 1. The van der Waals surface area contributed by atoms with Crippen molar-refractivity contribution in [3.05, 3.63) is 11.5 Å². The van der Waals surface area contributed by atoms with Gasteiger partial charge in [0.25, 0.3) is 0 Å². The van der Waals surface area contributed by atoms with Gasteiger partial charge in [-0.2, -0.15) is 0 Å². The maximum atomic E-state index is 11.4. The normalized spacial score (nSPS) is 23.0. The molecule has 0 aromatic rings. The molecule has 0 saturated heterocycles. The Kier molecular flexibility index (Phi) is 4.11. The third-order valence-electron chi connectivity index (χ3n) is 2.26. The molecule has 1 unspecified atom stereocenters. The molecule has 0 spiro atoms. The van der Waals surface area contributed by atoms with Gasteiger partial charge < -0.3 is 15.7 Å². The van der Waals surface area contributed by atoms with Crippen molar-refractivity contribution in [1.82, 2.24) is 10.6 Å². The minimum atomic E-state index is -3.23. The summed E-state index contributed by atoms with van der Waals surface area (Å²) in [5, 5.41) is 14.4. The summed E-state index contributed by atoms with van der Waals surface area (Å²) < 4.78 is 22.1. The summed E-state index contributed by atoms with van der Waals surface area (Å²) in [6.07, 6.45) is 1.61. The molecule has 0 saturated carbocycles. The molecule has 1 heterocycles. The summed E-state index contributed by atoms with van der Waals surface area (Å²) in [6.45, 7) is 1.62. The lowest BCUT2D eigenvalue weighted by Gasteiger charge is -2.15. The number of hydrogen-bond donors (Lipinski definition) is 3. The van der Waals surface area contributed by atoms with E-state index in [1.165, 1.54) is 6.08 Å². The second-order valence-corrected chi connectivity index (χ2v) is 5.61. The van der Waals surface area contributed by atoms with Crippen LogP contribution in [-0.2, 0) is 14.6 Å². The van der Waals surface area contributed by atoms with Crippen molar-refractivity contribution in [3.8, 4) is 0 Å². The third-order valence-corrected chi connectivity index (χ3v) is 3.65. The summed E-state index contributed by atoms with van der Waals surface area (Å²) in [6, 6.07) is -2.27. The first-order valence-electron chi connectivity index (χ1n) is 5.05. The van der Waals surface area contributed by atoms with E-state index in [-0.39, 0.29) is 12.2 Å². The molecule has 0 aromatic carbocycles. The fourth-order valence-corrected chi connectivity index (χ4v) is 2.61. The molecule has 7 nitrogen and oxygen atoms in total. The van der Waals surface area contributed by atoms with Gasteiger partial charge in [-0.3, -0.25) is 0 Å². The highest BCUT2D eigenvalue weighted by molar-refractivity contribution is 7.94. The van der Waals surface area contributed by atoms with Crippen molar-refractivity contribution >= 4 is 21.8 Å². The molecule has 1 aliphatic rings. The van der Waals surface area contributed by atoms with Crippen LogP contribution in [0.4, 0.5) is 4.79 Å². The van der Waals surface area contributed by atoms with E-state index < -0.39 is 33.9 Å². The summed E-state index contributed by atoms with van der Waals surface area (Å²) in [7, 11) is -3.23. The molecule has 96 valence electrons. The van der Waals surface area contributed by atoms with Gasteiger partial charge in [-0.1, -0.05) is 6.92 Å². The Hall–Kier alpha value is -1.57. The second-order valence-electron chi connectivity index (χ2n) is 3.68. The van der Waals surface area contributed by atoms with Crippen LogP contribution in [0.1, 0.15) is 13.3 Å². The number of nitrogens with one attached hydrogen (secondary N) is 2. The number of sulfone groups is 1. The molecule has 2 amide bonds. The summed E-state index contributed by atoms with van der Waals surface area (Å²) >= 11 is 0. The molecule has 1 rings (SSSR count). The van der Waals surface area contributed by atoms with Crippen LogP contribution in [0, 0.1) is 0 Å². The van der Waals surface area contributed by atoms with Crippen LogP contribution in [0.15, 0.2) is 11.5 Å². The monoisotopic (exact) mass is 262 g/mol. The first-order valence-corrected chi connectivity index (χ1v) is 6.76. The zero-order valence-electron chi connectivity index (χ0n) is 9.21. The predicted molar refractivity (Wildman–Crippen MR) is 60.1 cm³/mol. The van der Waals surface area contributed by atoms with Crippen LogP contribution in [0.25, 0.3) is 0 Å². The third kappa shape index (κ3) is 4.06. The Bertz CT molecular complexity index is 442. The van der Waals surface area contributed by atoms with Gasteiger partial charge >= 0.3 is 12.0 Å². The topological polar surface area (TPSA) is 113 Å². The number of hydrogen-bond acceptors (Lipinski definition) is 4. The van der Waals surface area contributed by atoms with Crippen LogP contribution >= 0.6 is 0 Å². The van der Waals surface area contributed by atoms with Gasteiger partial charge in [0.2, 0.25) is 0 Å². The Labute approximate surface area is 98.8 Å². The van der Waals surface area contributed by atoms with Crippen molar-refractivity contribution in [2.24, 2.45) is 0 Å². The average molecular weight is 262 g/mol. The maximum Gasteiger partial charge on any atom is 0.326 e. The maximum absolute atomic E-state index is 11.4. The Morgan fingerprint density at radius 1 is 1.53 bits per heavy atom. The van der Waals surface area contributed by atoms with E-state index in [9.17, 15) is 18.0 Å². The van der Waals surface area contributed by atoms with Crippen LogP contribution in [0.3, 0.4) is 0 Å². The molecule has 8 heteroatoms. The zero-order valence-corrected chi connectivity index (χ0v) is 10.0. The molecule has 2 atom stereocenters.